The highest BCUT2D eigenvalue weighted by Gasteiger charge is 2.21. The van der Waals surface area contributed by atoms with Gasteiger partial charge in [-0.15, -0.1) is 10.2 Å². The molecule has 0 amide bonds. The Labute approximate surface area is 186 Å². The van der Waals surface area contributed by atoms with E-state index in [0.717, 1.165) is 62.3 Å². The molecule has 1 saturated heterocycles. The summed E-state index contributed by atoms with van der Waals surface area (Å²) in [7, 11) is 3.67. The van der Waals surface area contributed by atoms with Gasteiger partial charge >= 0.3 is 0 Å². The number of methoxy groups -OCH3 is 1. The van der Waals surface area contributed by atoms with Crippen LogP contribution in [0.5, 0.6) is 5.75 Å². The third kappa shape index (κ3) is 6.69. The molecule has 170 valence electrons. The molecule has 1 aromatic heterocycles. The Balaban J connectivity index is 1.59. The summed E-state index contributed by atoms with van der Waals surface area (Å²) in [5.74, 6) is 3.49. The monoisotopic (exact) mass is 427 g/mol. The molecule has 1 aliphatic heterocycles. The van der Waals surface area contributed by atoms with Crippen molar-refractivity contribution in [2.24, 2.45) is 12.0 Å². The van der Waals surface area contributed by atoms with E-state index in [9.17, 15) is 0 Å². The van der Waals surface area contributed by atoms with E-state index in [1.807, 2.05) is 30.7 Å². The number of piperidine rings is 1. The third-order valence-corrected chi connectivity index (χ3v) is 6.03. The van der Waals surface area contributed by atoms with Crippen molar-refractivity contribution in [2.75, 3.05) is 26.7 Å². The molecule has 0 bridgehead atoms. The molecule has 31 heavy (non-hydrogen) atoms. The van der Waals surface area contributed by atoms with E-state index in [4.69, 9.17) is 9.73 Å². The second kappa shape index (κ2) is 11.1. The van der Waals surface area contributed by atoms with Crippen LogP contribution in [0, 0.1) is 6.92 Å². The van der Waals surface area contributed by atoms with E-state index >= 15 is 0 Å². The molecule has 2 heterocycles. The van der Waals surface area contributed by atoms with Gasteiger partial charge in [0, 0.05) is 38.8 Å². The highest BCUT2D eigenvalue weighted by molar-refractivity contribution is 5.80. The molecule has 0 spiro atoms. The molecular weight excluding hydrogens is 390 g/mol. The molecule has 0 radical (unpaired) electrons. The summed E-state index contributed by atoms with van der Waals surface area (Å²) in [5.41, 5.74) is 1.27. The molecule has 8 nitrogen and oxygen atoms in total. The van der Waals surface area contributed by atoms with Gasteiger partial charge in [-0.1, -0.05) is 12.1 Å². The second-order valence-corrected chi connectivity index (χ2v) is 8.46. The maximum Gasteiger partial charge on any atom is 0.191 e. The molecule has 1 aromatic carbocycles. The number of guanidine groups is 1. The zero-order valence-corrected chi connectivity index (χ0v) is 19.6. The van der Waals surface area contributed by atoms with Crippen LogP contribution in [-0.4, -0.2) is 64.5 Å². The van der Waals surface area contributed by atoms with Gasteiger partial charge < -0.3 is 24.8 Å². The third-order valence-electron chi connectivity index (χ3n) is 6.03. The first kappa shape index (κ1) is 23.1. The Morgan fingerprint density at radius 2 is 1.90 bits per heavy atom. The van der Waals surface area contributed by atoms with Gasteiger partial charge in [-0.05, 0) is 57.7 Å². The fourth-order valence-electron chi connectivity index (χ4n) is 3.76. The molecule has 0 saturated carbocycles. The molecule has 1 fully saturated rings. The maximum absolute atomic E-state index is 5.24. The van der Waals surface area contributed by atoms with Crippen molar-refractivity contribution < 1.29 is 4.74 Å². The zero-order chi connectivity index (χ0) is 22.2. The van der Waals surface area contributed by atoms with E-state index in [2.05, 4.69) is 51.7 Å². The summed E-state index contributed by atoms with van der Waals surface area (Å²) in [6, 6.07) is 9.26. The fraction of sp³-hybridized carbons (Fsp3) is 0.609. The van der Waals surface area contributed by atoms with Crippen molar-refractivity contribution in [1.82, 2.24) is 30.3 Å². The van der Waals surface area contributed by atoms with E-state index < -0.39 is 0 Å². The van der Waals surface area contributed by atoms with Crippen LogP contribution in [0.1, 0.15) is 43.9 Å². The van der Waals surface area contributed by atoms with Crippen LogP contribution >= 0.6 is 0 Å². The van der Waals surface area contributed by atoms with Gasteiger partial charge in [0.25, 0.3) is 0 Å². The van der Waals surface area contributed by atoms with Gasteiger partial charge in [-0.3, -0.25) is 0 Å². The smallest absolute Gasteiger partial charge is 0.191 e. The summed E-state index contributed by atoms with van der Waals surface area (Å²) in [6.07, 6.45) is 3.17. The van der Waals surface area contributed by atoms with Gasteiger partial charge in [-0.25, -0.2) is 4.99 Å². The van der Waals surface area contributed by atoms with Gasteiger partial charge in [-0.2, -0.15) is 0 Å². The predicted octanol–water partition coefficient (Wildman–Crippen LogP) is 2.28. The molecular formula is C23H37N7O. The van der Waals surface area contributed by atoms with E-state index in [1.165, 1.54) is 5.56 Å². The highest BCUT2D eigenvalue weighted by atomic mass is 16.5. The van der Waals surface area contributed by atoms with Crippen LogP contribution in [0.25, 0.3) is 0 Å². The average molecular weight is 428 g/mol. The average Bonchev–Trinajstić information content (AvgIpc) is 3.10. The number of likely N-dealkylation sites (tertiary alicyclic amines) is 1. The maximum atomic E-state index is 5.24. The number of hydrogen-bond acceptors (Lipinski definition) is 5. The lowest BCUT2D eigenvalue weighted by molar-refractivity contribution is 0.167. The molecule has 0 unspecified atom stereocenters. The summed E-state index contributed by atoms with van der Waals surface area (Å²) >= 11 is 0. The predicted molar refractivity (Wildman–Crippen MR) is 124 cm³/mol. The number of benzene rings is 1. The number of rotatable bonds is 8. The minimum atomic E-state index is 0.434. The van der Waals surface area contributed by atoms with Gasteiger partial charge in [0.15, 0.2) is 11.8 Å². The van der Waals surface area contributed by atoms with Gasteiger partial charge in [0.1, 0.15) is 18.1 Å². The zero-order valence-electron chi connectivity index (χ0n) is 19.6. The molecule has 2 N–H and O–H groups in total. The fourth-order valence-corrected chi connectivity index (χ4v) is 3.76. The number of nitrogens with zero attached hydrogens (tertiary/aromatic N) is 5. The van der Waals surface area contributed by atoms with Crippen molar-refractivity contribution in [3.8, 4) is 5.75 Å². The van der Waals surface area contributed by atoms with E-state index in [1.54, 1.807) is 7.11 Å². The van der Waals surface area contributed by atoms with Gasteiger partial charge in [0.05, 0.1) is 7.11 Å². The van der Waals surface area contributed by atoms with Crippen molar-refractivity contribution in [3.05, 3.63) is 41.5 Å². The second-order valence-electron chi connectivity index (χ2n) is 8.46. The Hall–Kier alpha value is -2.61. The SMILES string of the molecule is COc1ccc(CCNC(=NCc2nnc(C)n2C)NC2CCN(C(C)C)CC2)cc1. The molecule has 2 aromatic rings. The Kier molecular flexibility index (Phi) is 8.28. The largest absolute Gasteiger partial charge is 0.497 e. The number of hydrogen-bond donors (Lipinski definition) is 2. The summed E-state index contributed by atoms with van der Waals surface area (Å²) in [4.78, 5) is 7.35. The topological polar surface area (TPSA) is 79.6 Å². The molecule has 8 heteroatoms. The Morgan fingerprint density at radius 1 is 1.19 bits per heavy atom. The van der Waals surface area contributed by atoms with Crippen LogP contribution in [0.4, 0.5) is 0 Å². The first-order valence-corrected chi connectivity index (χ1v) is 11.2. The van der Waals surface area contributed by atoms with Crippen molar-refractivity contribution in [3.63, 3.8) is 0 Å². The Morgan fingerprint density at radius 3 is 2.48 bits per heavy atom. The number of nitrogens with one attached hydrogen (secondary N) is 2. The van der Waals surface area contributed by atoms with Crippen LogP contribution in [-0.2, 0) is 20.0 Å². The lowest BCUT2D eigenvalue weighted by Crippen LogP contribution is -2.50. The Bertz CT molecular complexity index is 836. The quantitative estimate of drug-likeness (QED) is 0.497. The standard InChI is InChI=1S/C23H37N7O/c1-17(2)30-14-11-20(12-15-30)26-23(25-16-22-28-27-18(3)29(22)4)24-13-10-19-6-8-21(31-5)9-7-19/h6-9,17,20H,10-16H2,1-5H3,(H2,24,25,26). The first-order valence-electron chi connectivity index (χ1n) is 11.2. The molecule has 3 rings (SSSR count). The van der Waals surface area contributed by atoms with Crippen LogP contribution < -0.4 is 15.4 Å². The number of ether oxygens (including phenoxy) is 1. The summed E-state index contributed by atoms with van der Waals surface area (Å²) < 4.78 is 7.23. The van der Waals surface area contributed by atoms with E-state index in [-0.39, 0.29) is 0 Å². The minimum Gasteiger partial charge on any atom is -0.497 e. The molecule has 0 atom stereocenters. The minimum absolute atomic E-state index is 0.434. The van der Waals surface area contributed by atoms with Crippen LogP contribution in [0.15, 0.2) is 29.3 Å². The molecule has 0 aliphatic carbocycles. The van der Waals surface area contributed by atoms with Crippen molar-refractivity contribution in [1.29, 1.82) is 0 Å². The van der Waals surface area contributed by atoms with Crippen molar-refractivity contribution >= 4 is 5.96 Å². The summed E-state index contributed by atoms with van der Waals surface area (Å²) in [6.45, 7) is 10.0. The lowest BCUT2D eigenvalue weighted by Gasteiger charge is -2.35. The highest BCUT2D eigenvalue weighted by Crippen LogP contribution is 2.13. The first-order chi connectivity index (χ1) is 15.0. The van der Waals surface area contributed by atoms with Crippen molar-refractivity contribution in [2.45, 2.75) is 58.7 Å². The van der Waals surface area contributed by atoms with Crippen LogP contribution in [0.3, 0.4) is 0 Å². The molecule has 1 aliphatic rings. The normalized spacial score (nSPS) is 16.0. The van der Waals surface area contributed by atoms with Gasteiger partial charge in [0.2, 0.25) is 0 Å². The van der Waals surface area contributed by atoms with Crippen LogP contribution in [0.2, 0.25) is 0 Å². The lowest BCUT2D eigenvalue weighted by atomic mass is 10.0. The number of aromatic nitrogens is 3. The number of aryl methyl sites for hydroxylation is 1. The summed E-state index contributed by atoms with van der Waals surface area (Å²) in [5, 5.41) is 15.5. The van der Waals surface area contributed by atoms with E-state index in [0.29, 0.717) is 18.6 Å². The number of aliphatic imine (C=N–C) groups is 1.